The number of carboxylic acids is 1. The molecule has 0 spiro atoms. The van der Waals surface area contributed by atoms with Crippen molar-refractivity contribution in [3.05, 3.63) is 52.5 Å². The van der Waals surface area contributed by atoms with E-state index in [2.05, 4.69) is 5.32 Å². The molecule has 2 amide bonds. The van der Waals surface area contributed by atoms with Crippen LogP contribution in [0.2, 0.25) is 5.02 Å². The van der Waals surface area contributed by atoms with E-state index in [4.69, 9.17) is 16.3 Å². The number of anilines is 2. The van der Waals surface area contributed by atoms with Gasteiger partial charge < -0.3 is 15.2 Å². The number of amides is 2. The van der Waals surface area contributed by atoms with Crippen molar-refractivity contribution >= 4 is 40.8 Å². The minimum absolute atomic E-state index is 0.00389. The molecule has 1 unspecified atom stereocenters. The molecule has 27 heavy (non-hydrogen) atoms. The molecule has 2 N–H and O–H groups in total. The zero-order valence-corrected chi connectivity index (χ0v) is 15.4. The van der Waals surface area contributed by atoms with Gasteiger partial charge in [-0.05, 0) is 49.7 Å². The Kier molecular flexibility index (Phi) is 5.05. The Balaban J connectivity index is 1.88. The van der Waals surface area contributed by atoms with Gasteiger partial charge >= 0.3 is 5.97 Å². The standard InChI is InChI=1S/C19H17ClN2O5/c1-10-3-5-13(20)8-14(10)21-17(23)9-22-15-7-12(19(25)26)4-6-16(15)27-11(2)18(22)24/h3-8,11H,9H2,1-2H3,(H,21,23)(H,25,26). The number of nitrogens with zero attached hydrogens (tertiary/aromatic N) is 1. The van der Waals surface area contributed by atoms with E-state index < -0.39 is 23.9 Å². The Morgan fingerprint density at radius 1 is 1.26 bits per heavy atom. The monoisotopic (exact) mass is 388 g/mol. The largest absolute Gasteiger partial charge is 0.479 e. The minimum atomic E-state index is -1.14. The molecule has 8 heteroatoms. The van der Waals surface area contributed by atoms with Crippen LogP contribution in [0, 0.1) is 6.92 Å². The molecule has 0 saturated carbocycles. The molecule has 0 aromatic heterocycles. The van der Waals surface area contributed by atoms with Crippen molar-refractivity contribution in [3.8, 4) is 5.75 Å². The van der Waals surface area contributed by atoms with Crippen LogP contribution in [-0.2, 0) is 9.59 Å². The molecule has 0 fully saturated rings. The van der Waals surface area contributed by atoms with Crippen molar-refractivity contribution < 1.29 is 24.2 Å². The number of benzene rings is 2. The summed E-state index contributed by atoms with van der Waals surface area (Å²) in [7, 11) is 0. The lowest BCUT2D eigenvalue weighted by Gasteiger charge is -2.32. The van der Waals surface area contributed by atoms with Crippen LogP contribution >= 0.6 is 11.6 Å². The Hall–Kier alpha value is -3.06. The van der Waals surface area contributed by atoms with Crippen LogP contribution in [0.1, 0.15) is 22.8 Å². The maximum atomic E-state index is 12.5. The number of ether oxygens (including phenoxy) is 1. The Morgan fingerprint density at radius 2 is 2.00 bits per heavy atom. The maximum absolute atomic E-state index is 12.5. The van der Waals surface area contributed by atoms with Gasteiger partial charge in [-0.2, -0.15) is 0 Å². The second-order valence-corrected chi connectivity index (χ2v) is 6.62. The molecule has 0 saturated heterocycles. The lowest BCUT2D eigenvalue weighted by molar-refractivity contribution is -0.127. The van der Waals surface area contributed by atoms with Gasteiger partial charge in [0.15, 0.2) is 6.10 Å². The third-order valence-corrected chi connectivity index (χ3v) is 4.42. The third kappa shape index (κ3) is 3.88. The molecule has 2 aromatic rings. The quantitative estimate of drug-likeness (QED) is 0.839. The fourth-order valence-electron chi connectivity index (χ4n) is 2.77. The summed E-state index contributed by atoms with van der Waals surface area (Å²) in [5, 5.41) is 12.4. The number of aryl methyl sites for hydroxylation is 1. The smallest absolute Gasteiger partial charge is 0.335 e. The second kappa shape index (κ2) is 7.28. The highest BCUT2D eigenvalue weighted by atomic mass is 35.5. The van der Waals surface area contributed by atoms with Gasteiger partial charge in [0, 0.05) is 10.7 Å². The topological polar surface area (TPSA) is 95.9 Å². The van der Waals surface area contributed by atoms with Gasteiger partial charge in [0.1, 0.15) is 12.3 Å². The molecule has 0 aliphatic carbocycles. The molecule has 1 aliphatic rings. The van der Waals surface area contributed by atoms with E-state index in [9.17, 15) is 19.5 Å². The van der Waals surface area contributed by atoms with Crippen LogP contribution in [0.4, 0.5) is 11.4 Å². The average Bonchev–Trinajstić information content (AvgIpc) is 2.61. The number of aromatic carboxylic acids is 1. The summed E-state index contributed by atoms with van der Waals surface area (Å²) >= 11 is 5.96. The molecule has 2 aromatic carbocycles. The molecule has 0 bridgehead atoms. The number of carbonyl (C=O) groups excluding carboxylic acids is 2. The van der Waals surface area contributed by atoms with Crippen molar-refractivity contribution in [2.24, 2.45) is 0 Å². The summed E-state index contributed by atoms with van der Waals surface area (Å²) in [4.78, 5) is 37.5. The van der Waals surface area contributed by atoms with Crippen molar-refractivity contribution in [2.45, 2.75) is 20.0 Å². The number of rotatable bonds is 4. The summed E-state index contributed by atoms with van der Waals surface area (Å²) in [6.07, 6.45) is -0.783. The first-order valence-corrected chi connectivity index (χ1v) is 8.55. The van der Waals surface area contributed by atoms with E-state index in [1.54, 1.807) is 25.1 Å². The van der Waals surface area contributed by atoms with Crippen molar-refractivity contribution in [3.63, 3.8) is 0 Å². The van der Waals surface area contributed by atoms with Gasteiger partial charge in [-0.15, -0.1) is 0 Å². The van der Waals surface area contributed by atoms with Crippen molar-refractivity contribution in [1.82, 2.24) is 0 Å². The first-order chi connectivity index (χ1) is 12.8. The highest BCUT2D eigenvalue weighted by molar-refractivity contribution is 6.31. The zero-order chi connectivity index (χ0) is 19.7. The first-order valence-electron chi connectivity index (χ1n) is 8.17. The number of halogens is 1. The molecule has 0 radical (unpaired) electrons. The number of nitrogens with one attached hydrogen (secondary N) is 1. The normalized spacial score (nSPS) is 15.7. The van der Waals surface area contributed by atoms with Gasteiger partial charge in [0.25, 0.3) is 5.91 Å². The first kappa shape index (κ1) is 18.7. The van der Waals surface area contributed by atoms with Gasteiger partial charge in [-0.3, -0.25) is 14.5 Å². The molecular weight excluding hydrogens is 372 g/mol. The van der Waals surface area contributed by atoms with Crippen LogP contribution in [0.15, 0.2) is 36.4 Å². The van der Waals surface area contributed by atoms with E-state index in [1.807, 2.05) is 6.92 Å². The van der Waals surface area contributed by atoms with Crippen molar-refractivity contribution in [2.75, 3.05) is 16.8 Å². The fourth-order valence-corrected chi connectivity index (χ4v) is 2.94. The number of carboxylic acid groups (broad SMARTS) is 1. The molecule has 140 valence electrons. The second-order valence-electron chi connectivity index (χ2n) is 6.18. The summed E-state index contributed by atoms with van der Waals surface area (Å²) in [5.41, 5.74) is 1.61. The number of hydrogen-bond donors (Lipinski definition) is 2. The van der Waals surface area contributed by atoms with Gasteiger partial charge in [-0.1, -0.05) is 17.7 Å². The number of hydrogen-bond acceptors (Lipinski definition) is 4. The SMILES string of the molecule is Cc1ccc(Cl)cc1NC(=O)CN1C(=O)C(C)Oc2ccc(C(=O)O)cc21. The Labute approximate surface area is 160 Å². The predicted molar refractivity (Wildman–Crippen MR) is 101 cm³/mol. The third-order valence-electron chi connectivity index (χ3n) is 4.19. The van der Waals surface area contributed by atoms with Gasteiger partial charge in [-0.25, -0.2) is 4.79 Å². The average molecular weight is 389 g/mol. The van der Waals surface area contributed by atoms with Crippen LogP contribution in [0.5, 0.6) is 5.75 Å². The molecule has 1 heterocycles. The van der Waals surface area contributed by atoms with E-state index in [-0.39, 0.29) is 17.8 Å². The Bertz CT molecular complexity index is 944. The van der Waals surface area contributed by atoms with E-state index in [1.165, 1.54) is 23.1 Å². The van der Waals surface area contributed by atoms with E-state index in [0.717, 1.165) is 5.56 Å². The molecule has 7 nitrogen and oxygen atoms in total. The number of carbonyl (C=O) groups is 3. The fraction of sp³-hybridized carbons (Fsp3) is 0.211. The van der Waals surface area contributed by atoms with Crippen LogP contribution in [0.25, 0.3) is 0 Å². The van der Waals surface area contributed by atoms with Gasteiger partial charge in [0.05, 0.1) is 11.3 Å². The summed E-state index contributed by atoms with van der Waals surface area (Å²) < 4.78 is 5.51. The predicted octanol–water partition coefficient (Wildman–Crippen LogP) is 3.10. The van der Waals surface area contributed by atoms with Crippen LogP contribution < -0.4 is 15.0 Å². The van der Waals surface area contributed by atoms with E-state index in [0.29, 0.717) is 16.5 Å². The number of fused-ring (bicyclic) bond motifs is 1. The van der Waals surface area contributed by atoms with Crippen LogP contribution in [-0.4, -0.2) is 35.5 Å². The molecular formula is C19H17ClN2O5. The van der Waals surface area contributed by atoms with Crippen molar-refractivity contribution in [1.29, 1.82) is 0 Å². The highest BCUT2D eigenvalue weighted by Crippen LogP contribution is 2.35. The lowest BCUT2D eigenvalue weighted by atomic mass is 10.1. The minimum Gasteiger partial charge on any atom is -0.479 e. The molecule has 1 aliphatic heterocycles. The zero-order valence-electron chi connectivity index (χ0n) is 14.7. The summed E-state index contributed by atoms with van der Waals surface area (Å²) in [5.74, 6) is -1.65. The van der Waals surface area contributed by atoms with E-state index >= 15 is 0 Å². The lowest BCUT2D eigenvalue weighted by Crippen LogP contribution is -2.47. The van der Waals surface area contributed by atoms with Crippen LogP contribution in [0.3, 0.4) is 0 Å². The summed E-state index contributed by atoms with van der Waals surface area (Å²) in [6.45, 7) is 3.11. The maximum Gasteiger partial charge on any atom is 0.335 e. The molecule has 3 rings (SSSR count). The summed E-state index contributed by atoms with van der Waals surface area (Å²) in [6, 6.07) is 9.29. The Morgan fingerprint density at radius 3 is 2.70 bits per heavy atom. The molecule has 1 atom stereocenters. The van der Waals surface area contributed by atoms with Gasteiger partial charge in [0.2, 0.25) is 5.91 Å². The highest BCUT2D eigenvalue weighted by Gasteiger charge is 2.33.